The number of rotatable bonds is 3. The number of thiazole rings is 1. The standard InChI is InChI=1S/C11H11FN2S/c1-2-13-11-14-10(7-15-11)8-3-5-9(12)6-4-8/h3-7H,2H2,1H3,(H,13,14). The van der Waals surface area contributed by atoms with Crippen LogP contribution in [0.25, 0.3) is 11.3 Å². The Morgan fingerprint density at radius 2 is 2.07 bits per heavy atom. The molecule has 0 radical (unpaired) electrons. The van der Waals surface area contributed by atoms with Crippen LogP contribution in [0.1, 0.15) is 6.92 Å². The quantitative estimate of drug-likeness (QED) is 0.861. The Kier molecular flexibility index (Phi) is 2.97. The summed E-state index contributed by atoms with van der Waals surface area (Å²) in [6.07, 6.45) is 0. The first-order chi connectivity index (χ1) is 7.29. The van der Waals surface area contributed by atoms with Crippen molar-refractivity contribution >= 4 is 16.5 Å². The first-order valence-corrected chi connectivity index (χ1v) is 5.63. The van der Waals surface area contributed by atoms with Gasteiger partial charge < -0.3 is 5.32 Å². The van der Waals surface area contributed by atoms with Gasteiger partial charge in [-0.05, 0) is 31.2 Å². The molecule has 2 aromatic rings. The summed E-state index contributed by atoms with van der Waals surface area (Å²) >= 11 is 1.56. The van der Waals surface area contributed by atoms with E-state index in [1.54, 1.807) is 23.5 Å². The van der Waals surface area contributed by atoms with Gasteiger partial charge in [0.2, 0.25) is 0 Å². The maximum atomic E-state index is 12.7. The average Bonchev–Trinajstić information content (AvgIpc) is 2.68. The Bertz CT molecular complexity index is 436. The second-order valence-corrected chi connectivity index (χ2v) is 3.93. The van der Waals surface area contributed by atoms with Crippen LogP contribution in [-0.4, -0.2) is 11.5 Å². The highest BCUT2D eigenvalue weighted by molar-refractivity contribution is 7.14. The van der Waals surface area contributed by atoms with E-state index < -0.39 is 0 Å². The highest BCUT2D eigenvalue weighted by Gasteiger charge is 2.03. The summed E-state index contributed by atoms with van der Waals surface area (Å²) in [6.45, 7) is 2.88. The molecule has 1 heterocycles. The molecule has 2 nitrogen and oxygen atoms in total. The lowest BCUT2D eigenvalue weighted by Gasteiger charge is -1.96. The zero-order valence-electron chi connectivity index (χ0n) is 8.33. The fourth-order valence-corrected chi connectivity index (χ4v) is 2.05. The van der Waals surface area contributed by atoms with Crippen LogP contribution in [0.15, 0.2) is 29.6 Å². The first-order valence-electron chi connectivity index (χ1n) is 4.75. The number of aromatic nitrogens is 1. The number of hydrogen-bond acceptors (Lipinski definition) is 3. The normalized spacial score (nSPS) is 10.3. The average molecular weight is 222 g/mol. The fraction of sp³-hybridized carbons (Fsp3) is 0.182. The van der Waals surface area contributed by atoms with Crippen LogP contribution in [0, 0.1) is 5.82 Å². The summed E-state index contributed by atoms with van der Waals surface area (Å²) in [5.74, 6) is -0.221. The van der Waals surface area contributed by atoms with Crippen molar-refractivity contribution in [3.63, 3.8) is 0 Å². The Labute approximate surface area is 91.8 Å². The molecule has 0 saturated heterocycles. The molecule has 0 saturated carbocycles. The number of nitrogens with one attached hydrogen (secondary N) is 1. The van der Waals surface area contributed by atoms with E-state index in [1.807, 2.05) is 12.3 Å². The van der Waals surface area contributed by atoms with Crippen LogP contribution in [0.4, 0.5) is 9.52 Å². The summed E-state index contributed by atoms with van der Waals surface area (Å²) in [5.41, 5.74) is 1.83. The largest absolute Gasteiger partial charge is 0.362 e. The van der Waals surface area contributed by atoms with Gasteiger partial charge in [-0.25, -0.2) is 9.37 Å². The van der Waals surface area contributed by atoms with Crippen LogP contribution in [0.3, 0.4) is 0 Å². The van der Waals surface area contributed by atoms with Crippen LogP contribution in [0.5, 0.6) is 0 Å². The Hall–Kier alpha value is -1.42. The number of anilines is 1. The highest BCUT2D eigenvalue weighted by Crippen LogP contribution is 2.24. The minimum absolute atomic E-state index is 0.221. The molecule has 78 valence electrons. The van der Waals surface area contributed by atoms with E-state index in [0.717, 1.165) is 22.9 Å². The summed E-state index contributed by atoms with van der Waals surface area (Å²) in [7, 11) is 0. The molecule has 0 spiro atoms. The molecule has 0 aliphatic carbocycles. The van der Waals surface area contributed by atoms with Crippen molar-refractivity contribution in [3.05, 3.63) is 35.5 Å². The van der Waals surface area contributed by atoms with Gasteiger partial charge in [-0.1, -0.05) is 0 Å². The van der Waals surface area contributed by atoms with Crippen molar-refractivity contribution in [2.45, 2.75) is 6.92 Å². The van der Waals surface area contributed by atoms with Crippen molar-refractivity contribution in [3.8, 4) is 11.3 Å². The van der Waals surface area contributed by atoms with Crippen LogP contribution >= 0.6 is 11.3 Å². The van der Waals surface area contributed by atoms with E-state index in [-0.39, 0.29) is 5.82 Å². The Balaban J connectivity index is 2.25. The topological polar surface area (TPSA) is 24.9 Å². The minimum Gasteiger partial charge on any atom is -0.362 e. The summed E-state index contributed by atoms with van der Waals surface area (Å²) in [6, 6.07) is 6.36. The van der Waals surface area contributed by atoms with Crippen LogP contribution in [0.2, 0.25) is 0 Å². The van der Waals surface area contributed by atoms with Gasteiger partial charge in [-0.2, -0.15) is 0 Å². The molecule has 2 rings (SSSR count). The molecule has 1 aromatic carbocycles. The molecule has 0 unspecified atom stereocenters. The Morgan fingerprint density at radius 1 is 1.33 bits per heavy atom. The summed E-state index contributed by atoms with van der Waals surface area (Å²) in [4.78, 5) is 4.38. The predicted molar refractivity (Wildman–Crippen MR) is 61.7 cm³/mol. The van der Waals surface area contributed by atoms with Crippen molar-refractivity contribution in [2.75, 3.05) is 11.9 Å². The van der Waals surface area contributed by atoms with Gasteiger partial charge in [0.25, 0.3) is 0 Å². The SMILES string of the molecule is CCNc1nc(-c2ccc(F)cc2)cs1. The lowest BCUT2D eigenvalue weighted by molar-refractivity contribution is 0.628. The monoisotopic (exact) mass is 222 g/mol. The third-order valence-corrected chi connectivity index (χ3v) is 2.77. The van der Waals surface area contributed by atoms with Crippen molar-refractivity contribution < 1.29 is 4.39 Å². The second kappa shape index (κ2) is 4.40. The summed E-state index contributed by atoms with van der Waals surface area (Å²) in [5, 5.41) is 6.01. The lowest BCUT2D eigenvalue weighted by atomic mass is 10.2. The third kappa shape index (κ3) is 2.33. The number of hydrogen-bond donors (Lipinski definition) is 1. The van der Waals surface area contributed by atoms with E-state index in [9.17, 15) is 4.39 Å². The van der Waals surface area contributed by atoms with Crippen molar-refractivity contribution in [1.29, 1.82) is 0 Å². The van der Waals surface area contributed by atoms with Gasteiger partial charge in [0, 0.05) is 17.5 Å². The Morgan fingerprint density at radius 3 is 2.73 bits per heavy atom. The molecule has 0 aliphatic rings. The molecule has 0 aliphatic heterocycles. The molecule has 0 amide bonds. The van der Waals surface area contributed by atoms with E-state index in [0.29, 0.717) is 0 Å². The van der Waals surface area contributed by atoms with Gasteiger partial charge in [-0.15, -0.1) is 11.3 Å². The number of nitrogens with zero attached hydrogens (tertiary/aromatic N) is 1. The fourth-order valence-electron chi connectivity index (χ4n) is 1.26. The van der Waals surface area contributed by atoms with Crippen molar-refractivity contribution in [2.24, 2.45) is 0 Å². The van der Waals surface area contributed by atoms with Crippen molar-refractivity contribution in [1.82, 2.24) is 4.98 Å². The third-order valence-electron chi connectivity index (χ3n) is 1.97. The molecule has 0 atom stereocenters. The van der Waals surface area contributed by atoms with Crippen LogP contribution < -0.4 is 5.32 Å². The smallest absolute Gasteiger partial charge is 0.183 e. The van der Waals surface area contributed by atoms with Gasteiger partial charge in [0.1, 0.15) is 5.82 Å². The molecule has 4 heteroatoms. The van der Waals surface area contributed by atoms with E-state index >= 15 is 0 Å². The highest BCUT2D eigenvalue weighted by atomic mass is 32.1. The molecular weight excluding hydrogens is 211 g/mol. The number of halogens is 1. The van der Waals surface area contributed by atoms with Crippen LogP contribution in [-0.2, 0) is 0 Å². The minimum atomic E-state index is -0.221. The summed E-state index contributed by atoms with van der Waals surface area (Å²) < 4.78 is 12.7. The van der Waals surface area contributed by atoms with Gasteiger partial charge >= 0.3 is 0 Å². The van der Waals surface area contributed by atoms with E-state index in [4.69, 9.17) is 0 Å². The van der Waals surface area contributed by atoms with Gasteiger partial charge in [0.05, 0.1) is 5.69 Å². The zero-order valence-corrected chi connectivity index (χ0v) is 9.14. The van der Waals surface area contributed by atoms with Gasteiger partial charge in [-0.3, -0.25) is 0 Å². The molecule has 1 N–H and O–H groups in total. The molecule has 1 aromatic heterocycles. The lowest BCUT2D eigenvalue weighted by Crippen LogP contribution is -1.94. The second-order valence-electron chi connectivity index (χ2n) is 3.08. The number of benzene rings is 1. The first kappa shape index (κ1) is 10.1. The van der Waals surface area contributed by atoms with E-state index in [1.165, 1.54) is 12.1 Å². The maximum absolute atomic E-state index is 12.7. The van der Waals surface area contributed by atoms with Gasteiger partial charge in [0.15, 0.2) is 5.13 Å². The molecule has 0 bridgehead atoms. The predicted octanol–water partition coefficient (Wildman–Crippen LogP) is 3.38. The maximum Gasteiger partial charge on any atom is 0.183 e. The molecule has 15 heavy (non-hydrogen) atoms. The molecular formula is C11H11FN2S. The van der Waals surface area contributed by atoms with E-state index in [2.05, 4.69) is 10.3 Å². The zero-order chi connectivity index (χ0) is 10.7. The molecule has 0 fully saturated rings.